The number of hydrogen-bond donors (Lipinski definition) is 1. The van der Waals surface area contributed by atoms with Gasteiger partial charge in [0.15, 0.2) is 0 Å². The molecular weight excluding hydrogens is 300 g/mol. The molecule has 21 heavy (non-hydrogen) atoms. The number of imide groups is 1. The normalized spacial score (nSPS) is 14.0. The molecule has 1 aliphatic heterocycles. The first-order chi connectivity index (χ1) is 9.82. The van der Waals surface area contributed by atoms with E-state index in [1.165, 1.54) is 12.1 Å². The zero-order chi connectivity index (χ0) is 15.5. The third-order valence-electron chi connectivity index (χ3n) is 3.48. The monoisotopic (exact) mass is 306 g/mol. The smallest absolute Gasteiger partial charge is 0.278 e. The van der Waals surface area contributed by atoms with Crippen LogP contribution in [0, 0.1) is 17.0 Å². The van der Waals surface area contributed by atoms with Crippen molar-refractivity contribution in [1.29, 1.82) is 0 Å². The first-order valence-electron chi connectivity index (χ1n) is 5.82. The minimum absolute atomic E-state index is 0.0348. The van der Waals surface area contributed by atoms with Crippen molar-refractivity contribution in [2.24, 2.45) is 0 Å². The molecule has 0 fully saturated rings. The zero-order valence-corrected chi connectivity index (χ0v) is 11.3. The van der Waals surface area contributed by atoms with Gasteiger partial charge in [0.25, 0.3) is 17.5 Å². The maximum atomic E-state index is 12.0. The molecule has 3 rings (SSSR count). The number of benzene rings is 2. The zero-order valence-electron chi connectivity index (χ0n) is 10.6. The van der Waals surface area contributed by atoms with Gasteiger partial charge in [-0.1, -0.05) is 11.6 Å². The lowest BCUT2D eigenvalue weighted by Gasteiger charge is -2.22. The maximum Gasteiger partial charge on any atom is 0.285 e. The fraction of sp³-hybridized carbons (Fsp3) is 0.0769. The number of nitrogens with zero attached hydrogens (tertiary/aromatic N) is 2. The van der Waals surface area contributed by atoms with Crippen LogP contribution in [0.15, 0.2) is 18.2 Å². The Morgan fingerprint density at radius 2 is 1.76 bits per heavy atom. The first kappa shape index (κ1) is 13.5. The fourth-order valence-corrected chi connectivity index (χ4v) is 2.62. The van der Waals surface area contributed by atoms with Gasteiger partial charge in [0.05, 0.1) is 16.1 Å². The Kier molecular flexibility index (Phi) is 2.72. The van der Waals surface area contributed by atoms with Gasteiger partial charge in [-0.25, -0.2) is 0 Å². The van der Waals surface area contributed by atoms with E-state index in [4.69, 9.17) is 11.6 Å². The number of carbonyl (C=O) groups is 2. The Hall–Kier alpha value is -2.51. The predicted molar refractivity (Wildman–Crippen MR) is 72.6 cm³/mol. The summed E-state index contributed by atoms with van der Waals surface area (Å²) in [6.45, 7) is 1.63. The van der Waals surface area contributed by atoms with Crippen LogP contribution >= 0.6 is 11.6 Å². The summed E-state index contributed by atoms with van der Waals surface area (Å²) >= 11 is 6.02. The Bertz CT molecular complexity index is 861. The summed E-state index contributed by atoms with van der Waals surface area (Å²) in [6.07, 6.45) is 0. The Morgan fingerprint density at radius 1 is 1.19 bits per heavy atom. The minimum Gasteiger partial charge on any atom is -0.278 e. The molecule has 0 bridgehead atoms. The third kappa shape index (κ3) is 1.71. The van der Waals surface area contributed by atoms with Gasteiger partial charge in [-0.15, -0.1) is 5.06 Å². The van der Waals surface area contributed by atoms with Crippen molar-refractivity contribution in [2.45, 2.75) is 6.92 Å². The molecule has 1 heterocycles. The van der Waals surface area contributed by atoms with Gasteiger partial charge in [0.2, 0.25) is 0 Å². The van der Waals surface area contributed by atoms with Crippen LogP contribution in [0.1, 0.15) is 26.3 Å². The molecule has 0 spiro atoms. The second-order valence-corrected chi connectivity index (χ2v) is 5.03. The summed E-state index contributed by atoms with van der Waals surface area (Å²) < 4.78 is 0. The number of non-ortho nitro benzene ring substituents is 1. The van der Waals surface area contributed by atoms with Crippen LogP contribution < -0.4 is 0 Å². The average molecular weight is 307 g/mol. The lowest BCUT2D eigenvalue weighted by atomic mass is 9.92. The molecule has 8 heteroatoms. The van der Waals surface area contributed by atoms with Crippen molar-refractivity contribution in [1.82, 2.24) is 5.06 Å². The molecule has 0 atom stereocenters. The van der Waals surface area contributed by atoms with Gasteiger partial charge in [-0.2, -0.15) is 0 Å². The molecule has 0 radical (unpaired) electrons. The quantitative estimate of drug-likeness (QED) is 0.378. The number of carbonyl (C=O) groups excluding carboxylic acids is 2. The number of hydroxylamine groups is 2. The lowest BCUT2D eigenvalue weighted by Crippen LogP contribution is -2.37. The van der Waals surface area contributed by atoms with Crippen LogP contribution in [0.2, 0.25) is 5.02 Å². The predicted octanol–water partition coefficient (Wildman–Crippen LogP) is 2.70. The summed E-state index contributed by atoms with van der Waals surface area (Å²) in [5.41, 5.74) is 0.140. The first-order valence-corrected chi connectivity index (χ1v) is 6.19. The molecule has 106 valence electrons. The summed E-state index contributed by atoms with van der Waals surface area (Å²) in [7, 11) is 0. The van der Waals surface area contributed by atoms with Crippen LogP contribution in [-0.4, -0.2) is 27.0 Å². The van der Waals surface area contributed by atoms with Crippen LogP contribution in [-0.2, 0) is 0 Å². The van der Waals surface area contributed by atoms with E-state index in [1.54, 1.807) is 6.92 Å². The molecule has 1 N–H and O–H groups in total. The summed E-state index contributed by atoms with van der Waals surface area (Å²) in [4.78, 5) is 34.3. The Balaban J connectivity index is 2.56. The molecule has 0 saturated heterocycles. The summed E-state index contributed by atoms with van der Waals surface area (Å²) in [5.74, 6) is -1.91. The second kappa shape index (κ2) is 4.24. The number of amides is 2. The van der Waals surface area contributed by atoms with Crippen molar-refractivity contribution >= 4 is 39.9 Å². The van der Waals surface area contributed by atoms with Gasteiger partial charge in [0, 0.05) is 22.5 Å². The van der Waals surface area contributed by atoms with Crippen LogP contribution in [0.4, 0.5) is 5.69 Å². The standard InChI is InChI=1S/C13H7ClN2O5/c1-5-7-2-6(16(20)21)3-8-11(7)9(4-10(5)14)13(18)15(19)12(8)17/h2-4,19H,1H3. The van der Waals surface area contributed by atoms with E-state index in [2.05, 4.69) is 0 Å². The topological polar surface area (TPSA) is 101 Å². The molecule has 0 aliphatic carbocycles. The molecule has 0 unspecified atom stereocenters. The highest BCUT2D eigenvalue weighted by Gasteiger charge is 2.34. The number of halogens is 1. The molecule has 0 aromatic heterocycles. The van der Waals surface area contributed by atoms with E-state index < -0.39 is 16.7 Å². The van der Waals surface area contributed by atoms with Gasteiger partial charge < -0.3 is 0 Å². The van der Waals surface area contributed by atoms with Gasteiger partial charge in [0.1, 0.15) is 0 Å². The Labute approximate surface area is 122 Å². The Morgan fingerprint density at radius 3 is 2.33 bits per heavy atom. The van der Waals surface area contributed by atoms with Crippen molar-refractivity contribution in [2.75, 3.05) is 0 Å². The highest BCUT2D eigenvalue weighted by molar-refractivity contribution is 6.35. The molecule has 7 nitrogen and oxygen atoms in total. The summed E-state index contributed by atoms with van der Waals surface area (Å²) in [5, 5.41) is 21.3. The highest BCUT2D eigenvalue weighted by atomic mass is 35.5. The number of nitro benzene ring substituents is 1. The summed E-state index contributed by atoms with van der Waals surface area (Å²) in [6, 6.07) is 3.64. The van der Waals surface area contributed by atoms with E-state index in [0.717, 1.165) is 6.07 Å². The van der Waals surface area contributed by atoms with Crippen LogP contribution in [0.3, 0.4) is 0 Å². The number of hydrogen-bond acceptors (Lipinski definition) is 5. The minimum atomic E-state index is -0.997. The largest absolute Gasteiger partial charge is 0.285 e. The number of nitro groups is 1. The molecule has 0 saturated carbocycles. The highest BCUT2D eigenvalue weighted by Crippen LogP contribution is 2.37. The SMILES string of the molecule is Cc1c(Cl)cc2c3c(cc([N+](=O)[O-])cc13)C(=O)N(O)C2=O. The fourth-order valence-electron chi connectivity index (χ4n) is 2.41. The maximum absolute atomic E-state index is 12.0. The van der Waals surface area contributed by atoms with Crippen LogP contribution in [0.25, 0.3) is 10.8 Å². The van der Waals surface area contributed by atoms with E-state index in [-0.39, 0.29) is 32.3 Å². The molecule has 2 aromatic rings. The lowest BCUT2D eigenvalue weighted by molar-refractivity contribution is -0.384. The molecule has 2 aromatic carbocycles. The van der Waals surface area contributed by atoms with E-state index in [9.17, 15) is 24.9 Å². The van der Waals surface area contributed by atoms with E-state index in [0.29, 0.717) is 10.9 Å². The second-order valence-electron chi connectivity index (χ2n) is 4.63. The van der Waals surface area contributed by atoms with Crippen molar-refractivity contribution < 1.29 is 19.7 Å². The van der Waals surface area contributed by atoms with E-state index >= 15 is 0 Å². The van der Waals surface area contributed by atoms with Crippen LogP contribution in [0.5, 0.6) is 0 Å². The third-order valence-corrected chi connectivity index (χ3v) is 3.87. The molecule has 1 aliphatic rings. The van der Waals surface area contributed by atoms with Gasteiger partial charge in [-0.3, -0.25) is 24.9 Å². The molecular formula is C13H7ClN2O5. The van der Waals surface area contributed by atoms with Gasteiger partial charge >= 0.3 is 0 Å². The van der Waals surface area contributed by atoms with Crippen molar-refractivity contribution in [3.63, 3.8) is 0 Å². The van der Waals surface area contributed by atoms with Crippen molar-refractivity contribution in [3.05, 3.63) is 50.0 Å². The van der Waals surface area contributed by atoms with E-state index in [1.807, 2.05) is 0 Å². The molecule has 2 amide bonds. The number of aryl methyl sites for hydroxylation is 1. The average Bonchev–Trinajstić information content (AvgIpc) is 2.46. The van der Waals surface area contributed by atoms with Gasteiger partial charge in [-0.05, 0) is 23.9 Å². The van der Waals surface area contributed by atoms with Crippen molar-refractivity contribution in [3.8, 4) is 0 Å². The number of rotatable bonds is 1.